The average molecular weight is 195 g/mol. The van der Waals surface area contributed by atoms with Crippen molar-refractivity contribution in [1.82, 2.24) is 9.55 Å². The molecule has 13 heavy (non-hydrogen) atoms. The third kappa shape index (κ3) is 1.31. The molecule has 1 aromatic heterocycles. The summed E-state index contributed by atoms with van der Waals surface area (Å²) in [7, 11) is 1.87. The summed E-state index contributed by atoms with van der Waals surface area (Å²) in [4.78, 5) is 15.0. The summed E-state index contributed by atoms with van der Waals surface area (Å²) in [5, 5.41) is -0.442. The number of nitrogens with zero attached hydrogens (tertiary/aromatic N) is 2. The van der Waals surface area contributed by atoms with Crippen LogP contribution in [0, 0.1) is 0 Å². The highest BCUT2D eigenvalue weighted by molar-refractivity contribution is 6.67. The van der Waals surface area contributed by atoms with Gasteiger partial charge in [0.15, 0.2) is 0 Å². The minimum absolute atomic E-state index is 0.442. The molecule has 4 heteroatoms. The lowest BCUT2D eigenvalue weighted by Crippen LogP contribution is -1.90. The Labute approximate surface area is 79.9 Å². The maximum absolute atomic E-state index is 10.9. The summed E-state index contributed by atoms with van der Waals surface area (Å²) in [5.74, 6) is 0. The van der Waals surface area contributed by atoms with E-state index in [2.05, 4.69) is 4.98 Å². The van der Waals surface area contributed by atoms with E-state index in [-0.39, 0.29) is 0 Å². The molecule has 0 radical (unpaired) electrons. The summed E-state index contributed by atoms with van der Waals surface area (Å²) >= 11 is 5.35. The Morgan fingerprint density at radius 2 is 2.31 bits per heavy atom. The first-order valence-corrected chi connectivity index (χ1v) is 4.17. The van der Waals surface area contributed by atoms with E-state index < -0.39 is 5.24 Å². The van der Waals surface area contributed by atoms with E-state index in [1.807, 2.05) is 11.6 Å². The number of halogens is 1. The molecule has 66 valence electrons. The van der Waals surface area contributed by atoms with Crippen LogP contribution in [0.15, 0.2) is 24.5 Å². The second kappa shape index (κ2) is 2.85. The molecule has 3 nitrogen and oxygen atoms in total. The molecule has 0 aliphatic heterocycles. The second-order valence-electron chi connectivity index (χ2n) is 2.83. The lowest BCUT2D eigenvalue weighted by Gasteiger charge is -1.96. The zero-order chi connectivity index (χ0) is 9.42. The van der Waals surface area contributed by atoms with Gasteiger partial charge in [-0.15, -0.1) is 0 Å². The highest BCUT2D eigenvalue weighted by Gasteiger charge is 2.04. The normalized spacial score (nSPS) is 10.6. The summed E-state index contributed by atoms with van der Waals surface area (Å²) in [5.41, 5.74) is 2.27. The van der Waals surface area contributed by atoms with Gasteiger partial charge in [-0.1, -0.05) is 0 Å². The Hall–Kier alpha value is -1.35. The van der Waals surface area contributed by atoms with Crippen molar-refractivity contribution < 1.29 is 4.79 Å². The van der Waals surface area contributed by atoms with Crippen LogP contribution in [-0.4, -0.2) is 14.8 Å². The number of aromatic nitrogens is 2. The van der Waals surface area contributed by atoms with Crippen molar-refractivity contribution in [3.8, 4) is 0 Å². The van der Waals surface area contributed by atoms with E-state index in [1.54, 1.807) is 24.5 Å². The van der Waals surface area contributed by atoms with Gasteiger partial charge in [0.05, 0.1) is 17.4 Å². The Morgan fingerprint density at radius 1 is 1.54 bits per heavy atom. The molecule has 0 amide bonds. The predicted octanol–water partition coefficient (Wildman–Crippen LogP) is 1.95. The molecule has 2 aromatic rings. The topological polar surface area (TPSA) is 34.9 Å². The average Bonchev–Trinajstić information content (AvgIpc) is 2.47. The van der Waals surface area contributed by atoms with Crippen molar-refractivity contribution in [3.05, 3.63) is 30.1 Å². The van der Waals surface area contributed by atoms with E-state index >= 15 is 0 Å². The quantitative estimate of drug-likeness (QED) is 0.651. The number of carbonyl (C=O) groups excluding carboxylic acids is 1. The fourth-order valence-corrected chi connectivity index (χ4v) is 1.37. The van der Waals surface area contributed by atoms with Gasteiger partial charge < -0.3 is 4.57 Å². The van der Waals surface area contributed by atoms with Crippen LogP contribution in [0.25, 0.3) is 11.0 Å². The number of aryl methyl sites for hydroxylation is 1. The minimum Gasteiger partial charge on any atom is -0.334 e. The molecule has 0 atom stereocenters. The first kappa shape index (κ1) is 8.26. The van der Waals surface area contributed by atoms with Gasteiger partial charge in [-0.05, 0) is 29.8 Å². The molecule has 0 fully saturated rings. The van der Waals surface area contributed by atoms with E-state index in [9.17, 15) is 4.79 Å². The van der Waals surface area contributed by atoms with Crippen LogP contribution in [0.1, 0.15) is 10.4 Å². The van der Waals surface area contributed by atoms with Gasteiger partial charge in [-0.3, -0.25) is 4.79 Å². The lowest BCUT2D eigenvalue weighted by molar-refractivity contribution is 0.108. The molecule has 2 rings (SSSR count). The first-order chi connectivity index (χ1) is 6.18. The smallest absolute Gasteiger partial charge is 0.252 e. The monoisotopic (exact) mass is 194 g/mol. The van der Waals surface area contributed by atoms with Gasteiger partial charge in [0.25, 0.3) is 5.24 Å². The zero-order valence-corrected chi connectivity index (χ0v) is 7.75. The number of fused-ring (bicyclic) bond motifs is 1. The van der Waals surface area contributed by atoms with Crippen LogP contribution >= 0.6 is 11.6 Å². The standard InChI is InChI=1S/C9H7ClN2O/c1-12-5-11-7-3-2-6(9(10)13)4-8(7)12/h2-5H,1H3. The van der Waals surface area contributed by atoms with E-state index in [0.717, 1.165) is 11.0 Å². The highest BCUT2D eigenvalue weighted by atomic mass is 35.5. The minimum atomic E-state index is -0.442. The lowest BCUT2D eigenvalue weighted by atomic mass is 10.2. The molecule has 0 unspecified atom stereocenters. The fraction of sp³-hybridized carbons (Fsp3) is 0.111. The molecule has 0 N–H and O–H groups in total. The number of benzene rings is 1. The number of hydrogen-bond donors (Lipinski definition) is 0. The molecule has 0 aliphatic rings. The Kier molecular flexibility index (Phi) is 1.81. The van der Waals surface area contributed by atoms with Crippen molar-refractivity contribution in [2.75, 3.05) is 0 Å². The van der Waals surface area contributed by atoms with Gasteiger partial charge in [-0.25, -0.2) is 4.98 Å². The SMILES string of the molecule is Cn1cnc2ccc(C(=O)Cl)cc21. The Morgan fingerprint density at radius 3 is 3.00 bits per heavy atom. The van der Waals surface area contributed by atoms with Crippen LogP contribution in [0.4, 0.5) is 0 Å². The summed E-state index contributed by atoms with van der Waals surface area (Å²) in [6, 6.07) is 5.19. The fourth-order valence-electron chi connectivity index (χ4n) is 1.25. The van der Waals surface area contributed by atoms with Crippen LogP contribution in [-0.2, 0) is 7.05 Å². The molecule has 1 aromatic carbocycles. The summed E-state index contributed by atoms with van der Waals surface area (Å²) < 4.78 is 1.85. The van der Waals surface area contributed by atoms with Crippen molar-refractivity contribution in [3.63, 3.8) is 0 Å². The Balaban J connectivity index is 2.72. The van der Waals surface area contributed by atoms with Crippen LogP contribution in [0.3, 0.4) is 0 Å². The van der Waals surface area contributed by atoms with Gasteiger partial charge in [0.2, 0.25) is 0 Å². The van der Waals surface area contributed by atoms with E-state index in [4.69, 9.17) is 11.6 Å². The highest BCUT2D eigenvalue weighted by Crippen LogP contribution is 2.14. The van der Waals surface area contributed by atoms with Crippen molar-refractivity contribution >= 4 is 27.9 Å². The number of rotatable bonds is 1. The summed E-state index contributed by atoms with van der Waals surface area (Å²) in [6.07, 6.45) is 1.70. The van der Waals surface area contributed by atoms with Gasteiger partial charge in [0, 0.05) is 12.6 Å². The number of imidazole rings is 1. The molecule has 0 aliphatic carbocycles. The zero-order valence-electron chi connectivity index (χ0n) is 6.99. The first-order valence-electron chi connectivity index (χ1n) is 3.79. The predicted molar refractivity (Wildman–Crippen MR) is 50.9 cm³/mol. The van der Waals surface area contributed by atoms with E-state index in [0.29, 0.717) is 5.56 Å². The second-order valence-corrected chi connectivity index (χ2v) is 3.18. The molecule has 0 saturated heterocycles. The van der Waals surface area contributed by atoms with Crippen LogP contribution in [0.2, 0.25) is 0 Å². The molecule has 1 heterocycles. The third-order valence-electron chi connectivity index (χ3n) is 1.95. The van der Waals surface area contributed by atoms with Crippen molar-refractivity contribution in [2.45, 2.75) is 0 Å². The molecular formula is C9H7ClN2O. The molecule has 0 saturated carbocycles. The maximum atomic E-state index is 10.9. The van der Waals surface area contributed by atoms with Crippen molar-refractivity contribution in [1.29, 1.82) is 0 Å². The van der Waals surface area contributed by atoms with Gasteiger partial charge in [-0.2, -0.15) is 0 Å². The van der Waals surface area contributed by atoms with Gasteiger partial charge >= 0.3 is 0 Å². The van der Waals surface area contributed by atoms with Gasteiger partial charge in [0.1, 0.15) is 0 Å². The number of carbonyl (C=O) groups is 1. The maximum Gasteiger partial charge on any atom is 0.252 e. The van der Waals surface area contributed by atoms with Crippen LogP contribution < -0.4 is 0 Å². The molecule has 0 spiro atoms. The molecular weight excluding hydrogens is 188 g/mol. The van der Waals surface area contributed by atoms with Crippen LogP contribution in [0.5, 0.6) is 0 Å². The third-order valence-corrected chi connectivity index (χ3v) is 2.17. The largest absolute Gasteiger partial charge is 0.334 e. The van der Waals surface area contributed by atoms with Crippen molar-refractivity contribution in [2.24, 2.45) is 7.05 Å². The van der Waals surface area contributed by atoms with E-state index in [1.165, 1.54) is 0 Å². The Bertz CT molecular complexity index is 475. The number of hydrogen-bond acceptors (Lipinski definition) is 2. The summed E-state index contributed by atoms with van der Waals surface area (Å²) in [6.45, 7) is 0. The molecule has 0 bridgehead atoms.